The number of nitrogens with zero attached hydrogens (tertiary/aromatic N) is 1. The summed E-state index contributed by atoms with van der Waals surface area (Å²) in [6, 6.07) is 21.1. The molecule has 0 saturated heterocycles. The first kappa shape index (κ1) is 24.0. The number of benzene rings is 3. The highest BCUT2D eigenvalue weighted by atomic mass is 35.5. The lowest BCUT2D eigenvalue weighted by Gasteiger charge is -2.10. The standard InChI is InChI=1S/C26H25ClN2O4/c1-3-18(2)20-10-14-21(15-11-20)32-17-25(30)29-28-16-19-8-12-22(13-9-19)33-26(31)23-6-4-5-7-24(23)27/h4-16,18H,3,17H2,1-2H3,(H,29,30)/b28-16+/t18-/m0/s1. The van der Waals surface area contributed by atoms with Crippen molar-refractivity contribution in [3.8, 4) is 11.5 Å². The number of carbonyl (C=O) groups excluding carboxylic acids is 2. The van der Waals surface area contributed by atoms with Crippen LogP contribution in [0.1, 0.15) is 47.7 Å². The number of hydrogen-bond acceptors (Lipinski definition) is 5. The van der Waals surface area contributed by atoms with E-state index in [2.05, 4.69) is 24.4 Å². The summed E-state index contributed by atoms with van der Waals surface area (Å²) >= 11 is 6.01. The van der Waals surface area contributed by atoms with Crippen LogP contribution in [0.2, 0.25) is 5.02 Å². The number of hydrogen-bond donors (Lipinski definition) is 1. The van der Waals surface area contributed by atoms with Crippen LogP contribution in [0.3, 0.4) is 0 Å². The average Bonchev–Trinajstić information content (AvgIpc) is 2.84. The fourth-order valence-electron chi connectivity index (χ4n) is 2.90. The van der Waals surface area contributed by atoms with E-state index in [9.17, 15) is 9.59 Å². The van der Waals surface area contributed by atoms with E-state index in [0.717, 1.165) is 12.0 Å². The number of hydrazone groups is 1. The Labute approximate surface area is 198 Å². The lowest BCUT2D eigenvalue weighted by Crippen LogP contribution is -2.24. The molecule has 7 heteroatoms. The summed E-state index contributed by atoms with van der Waals surface area (Å²) in [5.41, 5.74) is 4.67. The fourth-order valence-corrected chi connectivity index (χ4v) is 3.11. The van der Waals surface area contributed by atoms with E-state index in [0.29, 0.717) is 28.0 Å². The van der Waals surface area contributed by atoms with E-state index >= 15 is 0 Å². The van der Waals surface area contributed by atoms with Gasteiger partial charge in [0.05, 0.1) is 16.8 Å². The molecule has 33 heavy (non-hydrogen) atoms. The average molecular weight is 465 g/mol. The van der Waals surface area contributed by atoms with E-state index < -0.39 is 5.97 Å². The smallest absolute Gasteiger partial charge is 0.345 e. The molecular weight excluding hydrogens is 440 g/mol. The Balaban J connectivity index is 1.44. The SMILES string of the molecule is CC[C@H](C)c1ccc(OCC(=O)N/N=C/c2ccc(OC(=O)c3ccccc3Cl)cc2)cc1. The predicted molar refractivity (Wildman–Crippen MR) is 129 cm³/mol. The topological polar surface area (TPSA) is 77.0 Å². The molecule has 0 heterocycles. The van der Waals surface area contributed by atoms with Crippen molar-refractivity contribution in [3.63, 3.8) is 0 Å². The minimum absolute atomic E-state index is 0.142. The van der Waals surface area contributed by atoms with Gasteiger partial charge in [-0.3, -0.25) is 4.79 Å². The van der Waals surface area contributed by atoms with Gasteiger partial charge in [-0.05, 0) is 72.0 Å². The van der Waals surface area contributed by atoms with Gasteiger partial charge in [0.1, 0.15) is 11.5 Å². The first-order valence-electron chi connectivity index (χ1n) is 10.6. The maximum absolute atomic E-state index is 12.2. The minimum Gasteiger partial charge on any atom is -0.484 e. The summed E-state index contributed by atoms with van der Waals surface area (Å²) in [5.74, 6) is 0.573. The van der Waals surface area contributed by atoms with Crippen LogP contribution in [0.15, 0.2) is 77.9 Å². The molecule has 3 rings (SSSR count). The molecule has 3 aromatic rings. The van der Waals surface area contributed by atoms with Crippen molar-refractivity contribution in [2.45, 2.75) is 26.2 Å². The molecule has 0 aliphatic rings. The Hall–Kier alpha value is -3.64. The Morgan fingerprint density at radius 2 is 1.67 bits per heavy atom. The minimum atomic E-state index is -0.538. The molecule has 0 saturated carbocycles. The lowest BCUT2D eigenvalue weighted by molar-refractivity contribution is -0.123. The number of esters is 1. The van der Waals surface area contributed by atoms with Gasteiger partial charge in [0, 0.05) is 0 Å². The fraction of sp³-hybridized carbons (Fsp3) is 0.192. The van der Waals surface area contributed by atoms with Gasteiger partial charge in [0.2, 0.25) is 0 Å². The van der Waals surface area contributed by atoms with Crippen LogP contribution >= 0.6 is 11.6 Å². The number of rotatable bonds is 9. The number of nitrogens with one attached hydrogen (secondary N) is 1. The largest absolute Gasteiger partial charge is 0.484 e. The first-order valence-corrected chi connectivity index (χ1v) is 11.0. The van der Waals surface area contributed by atoms with Crippen LogP contribution in [0, 0.1) is 0 Å². The molecule has 0 radical (unpaired) electrons. The zero-order chi connectivity index (χ0) is 23.6. The van der Waals surface area contributed by atoms with Gasteiger partial charge in [-0.25, -0.2) is 10.2 Å². The molecule has 0 spiro atoms. The van der Waals surface area contributed by atoms with Crippen LogP contribution in [0.25, 0.3) is 0 Å². The third-order valence-electron chi connectivity index (χ3n) is 5.02. The second-order valence-electron chi connectivity index (χ2n) is 7.40. The summed E-state index contributed by atoms with van der Waals surface area (Å²) in [5, 5.41) is 4.25. The number of halogens is 1. The Kier molecular flexibility index (Phi) is 8.61. The zero-order valence-electron chi connectivity index (χ0n) is 18.5. The monoisotopic (exact) mass is 464 g/mol. The highest BCUT2D eigenvalue weighted by Gasteiger charge is 2.12. The summed E-state index contributed by atoms with van der Waals surface area (Å²) in [6.07, 6.45) is 2.55. The Morgan fingerprint density at radius 3 is 2.33 bits per heavy atom. The van der Waals surface area contributed by atoms with Gasteiger partial charge >= 0.3 is 5.97 Å². The van der Waals surface area contributed by atoms with Crippen molar-refractivity contribution in [2.24, 2.45) is 5.10 Å². The van der Waals surface area contributed by atoms with Crippen molar-refractivity contribution in [2.75, 3.05) is 6.61 Å². The van der Waals surface area contributed by atoms with E-state index in [4.69, 9.17) is 21.1 Å². The number of ether oxygens (including phenoxy) is 2. The highest BCUT2D eigenvalue weighted by molar-refractivity contribution is 6.33. The molecule has 0 aliphatic heterocycles. The van der Waals surface area contributed by atoms with Crippen molar-refractivity contribution in [1.82, 2.24) is 5.43 Å². The quantitative estimate of drug-likeness (QED) is 0.193. The molecule has 1 N–H and O–H groups in total. The van der Waals surface area contributed by atoms with Crippen LogP contribution in [-0.4, -0.2) is 24.7 Å². The van der Waals surface area contributed by atoms with Crippen LogP contribution < -0.4 is 14.9 Å². The normalized spacial score (nSPS) is 11.7. The Morgan fingerprint density at radius 1 is 1.00 bits per heavy atom. The molecule has 3 aromatic carbocycles. The van der Waals surface area contributed by atoms with Crippen molar-refractivity contribution in [1.29, 1.82) is 0 Å². The van der Waals surface area contributed by atoms with Crippen LogP contribution in [-0.2, 0) is 4.79 Å². The van der Waals surface area contributed by atoms with Gasteiger partial charge in [-0.1, -0.05) is 49.7 Å². The molecule has 170 valence electrons. The molecule has 6 nitrogen and oxygen atoms in total. The third-order valence-corrected chi connectivity index (χ3v) is 5.35. The molecule has 0 fully saturated rings. The summed E-state index contributed by atoms with van der Waals surface area (Å²) in [7, 11) is 0. The van der Waals surface area contributed by atoms with Crippen LogP contribution in [0.4, 0.5) is 0 Å². The van der Waals surface area contributed by atoms with Gasteiger partial charge in [0.25, 0.3) is 5.91 Å². The van der Waals surface area contributed by atoms with E-state index in [-0.39, 0.29) is 12.5 Å². The second-order valence-corrected chi connectivity index (χ2v) is 7.81. The van der Waals surface area contributed by atoms with Gasteiger partial charge < -0.3 is 9.47 Å². The molecular formula is C26H25ClN2O4. The van der Waals surface area contributed by atoms with Gasteiger partial charge in [-0.2, -0.15) is 5.10 Å². The second kappa shape index (κ2) is 11.8. The summed E-state index contributed by atoms with van der Waals surface area (Å²) in [6.45, 7) is 4.17. The van der Waals surface area contributed by atoms with Crippen molar-refractivity contribution >= 4 is 29.7 Å². The Bertz CT molecular complexity index is 1110. The third kappa shape index (κ3) is 7.19. The van der Waals surface area contributed by atoms with Gasteiger partial charge in [0.15, 0.2) is 6.61 Å². The first-order chi connectivity index (χ1) is 16.0. The number of amides is 1. The maximum atomic E-state index is 12.2. The molecule has 1 amide bonds. The summed E-state index contributed by atoms with van der Waals surface area (Å²) < 4.78 is 10.8. The molecule has 1 atom stereocenters. The van der Waals surface area contributed by atoms with E-state index in [1.807, 2.05) is 24.3 Å². The number of carbonyl (C=O) groups is 2. The van der Waals surface area contributed by atoms with E-state index in [1.54, 1.807) is 48.5 Å². The lowest BCUT2D eigenvalue weighted by atomic mass is 9.99. The maximum Gasteiger partial charge on any atom is 0.345 e. The highest BCUT2D eigenvalue weighted by Crippen LogP contribution is 2.21. The van der Waals surface area contributed by atoms with Crippen LogP contribution in [0.5, 0.6) is 11.5 Å². The molecule has 0 bridgehead atoms. The van der Waals surface area contributed by atoms with Crippen molar-refractivity contribution in [3.05, 3.63) is 94.5 Å². The molecule has 0 unspecified atom stereocenters. The summed E-state index contributed by atoms with van der Waals surface area (Å²) in [4.78, 5) is 24.1. The van der Waals surface area contributed by atoms with Crippen molar-refractivity contribution < 1.29 is 19.1 Å². The van der Waals surface area contributed by atoms with Gasteiger partial charge in [-0.15, -0.1) is 0 Å². The molecule has 0 aliphatic carbocycles. The van der Waals surface area contributed by atoms with E-state index in [1.165, 1.54) is 11.8 Å². The molecule has 0 aromatic heterocycles. The predicted octanol–water partition coefficient (Wildman–Crippen LogP) is 5.60. The zero-order valence-corrected chi connectivity index (χ0v) is 19.2.